The Balaban J connectivity index is 2.95. The lowest BCUT2D eigenvalue weighted by molar-refractivity contribution is 0.0696. The van der Waals surface area contributed by atoms with Crippen molar-refractivity contribution in [2.24, 2.45) is 0 Å². The molecule has 0 aliphatic rings. The first-order chi connectivity index (χ1) is 7.56. The number of nitrogens with two attached hydrogens (primary N) is 1. The van der Waals surface area contributed by atoms with E-state index in [9.17, 15) is 4.79 Å². The van der Waals surface area contributed by atoms with Crippen LogP contribution in [0.3, 0.4) is 0 Å². The monoisotopic (exact) mass is 222 g/mol. The lowest BCUT2D eigenvalue weighted by Gasteiger charge is -2.17. The predicted molar refractivity (Wildman–Crippen MR) is 64.4 cm³/mol. The van der Waals surface area contributed by atoms with Crippen molar-refractivity contribution in [1.82, 2.24) is 4.90 Å². The quantitative estimate of drug-likeness (QED) is 0.746. The van der Waals surface area contributed by atoms with Gasteiger partial charge in [-0.25, -0.2) is 4.79 Å². The SMILES string of the molecule is CCCN(C)Cc1cccc(N)c1C(=O)O. The molecular weight excluding hydrogens is 204 g/mol. The van der Waals surface area contributed by atoms with Crippen LogP contribution >= 0.6 is 0 Å². The van der Waals surface area contributed by atoms with Crippen molar-refractivity contribution >= 4 is 11.7 Å². The zero-order valence-corrected chi connectivity index (χ0v) is 9.73. The van der Waals surface area contributed by atoms with Crippen LogP contribution in [0.2, 0.25) is 0 Å². The maximum atomic E-state index is 11.1. The molecule has 0 aliphatic heterocycles. The van der Waals surface area contributed by atoms with Gasteiger partial charge in [-0.15, -0.1) is 0 Å². The molecule has 0 fully saturated rings. The number of benzene rings is 1. The van der Waals surface area contributed by atoms with E-state index in [4.69, 9.17) is 10.8 Å². The van der Waals surface area contributed by atoms with Crippen LogP contribution in [0.15, 0.2) is 18.2 Å². The van der Waals surface area contributed by atoms with Crippen LogP contribution in [0.5, 0.6) is 0 Å². The van der Waals surface area contributed by atoms with Gasteiger partial charge in [-0.05, 0) is 31.6 Å². The van der Waals surface area contributed by atoms with E-state index in [0.29, 0.717) is 12.2 Å². The molecule has 0 amide bonds. The van der Waals surface area contributed by atoms with Gasteiger partial charge >= 0.3 is 5.97 Å². The summed E-state index contributed by atoms with van der Waals surface area (Å²) in [7, 11) is 1.97. The molecule has 88 valence electrons. The number of hydrogen-bond donors (Lipinski definition) is 2. The molecule has 0 saturated heterocycles. The number of nitrogens with zero attached hydrogens (tertiary/aromatic N) is 1. The number of rotatable bonds is 5. The molecule has 0 heterocycles. The molecule has 0 bridgehead atoms. The largest absolute Gasteiger partial charge is 0.478 e. The van der Waals surface area contributed by atoms with Crippen LogP contribution in [-0.2, 0) is 6.54 Å². The molecule has 1 aromatic rings. The van der Waals surface area contributed by atoms with Crippen molar-refractivity contribution < 1.29 is 9.90 Å². The van der Waals surface area contributed by atoms with Gasteiger partial charge in [0.15, 0.2) is 0 Å². The Morgan fingerprint density at radius 2 is 2.19 bits per heavy atom. The minimum atomic E-state index is -0.960. The molecule has 4 nitrogen and oxygen atoms in total. The molecule has 1 rings (SSSR count). The highest BCUT2D eigenvalue weighted by Gasteiger charge is 2.14. The summed E-state index contributed by atoms with van der Waals surface area (Å²) in [5, 5.41) is 9.09. The van der Waals surface area contributed by atoms with E-state index in [1.165, 1.54) is 0 Å². The second-order valence-corrected chi connectivity index (χ2v) is 3.92. The first-order valence-corrected chi connectivity index (χ1v) is 5.35. The molecule has 0 aromatic heterocycles. The molecule has 16 heavy (non-hydrogen) atoms. The molecule has 0 radical (unpaired) electrons. The van der Waals surface area contributed by atoms with E-state index in [-0.39, 0.29) is 5.56 Å². The fourth-order valence-electron chi connectivity index (χ4n) is 1.76. The molecule has 0 spiro atoms. The Morgan fingerprint density at radius 3 is 2.75 bits per heavy atom. The van der Waals surface area contributed by atoms with E-state index in [1.54, 1.807) is 12.1 Å². The summed E-state index contributed by atoms with van der Waals surface area (Å²) >= 11 is 0. The molecule has 0 aliphatic carbocycles. The number of anilines is 1. The summed E-state index contributed by atoms with van der Waals surface area (Å²) in [6.45, 7) is 3.64. The van der Waals surface area contributed by atoms with Crippen LogP contribution < -0.4 is 5.73 Å². The number of carboxylic acid groups (broad SMARTS) is 1. The van der Waals surface area contributed by atoms with Crippen molar-refractivity contribution in [1.29, 1.82) is 0 Å². The normalized spacial score (nSPS) is 10.7. The van der Waals surface area contributed by atoms with Gasteiger partial charge in [-0.2, -0.15) is 0 Å². The highest BCUT2D eigenvalue weighted by Crippen LogP contribution is 2.18. The zero-order chi connectivity index (χ0) is 12.1. The van der Waals surface area contributed by atoms with Gasteiger partial charge in [0.25, 0.3) is 0 Å². The van der Waals surface area contributed by atoms with Crippen LogP contribution in [0.25, 0.3) is 0 Å². The average molecular weight is 222 g/mol. The van der Waals surface area contributed by atoms with E-state index in [0.717, 1.165) is 18.5 Å². The topological polar surface area (TPSA) is 66.6 Å². The molecule has 0 unspecified atom stereocenters. The highest BCUT2D eigenvalue weighted by atomic mass is 16.4. The minimum Gasteiger partial charge on any atom is -0.478 e. The lowest BCUT2D eigenvalue weighted by Crippen LogP contribution is -2.20. The minimum absolute atomic E-state index is 0.227. The Hall–Kier alpha value is -1.55. The standard InChI is InChI=1S/C12H18N2O2/c1-3-7-14(2)8-9-5-4-6-10(13)11(9)12(15)16/h4-6H,3,7-8,13H2,1-2H3,(H,15,16). The van der Waals surface area contributed by atoms with Crippen LogP contribution in [-0.4, -0.2) is 29.6 Å². The zero-order valence-electron chi connectivity index (χ0n) is 9.73. The molecule has 0 atom stereocenters. The van der Waals surface area contributed by atoms with Gasteiger partial charge in [0.1, 0.15) is 0 Å². The van der Waals surface area contributed by atoms with Gasteiger partial charge in [0.2, 0.25) is 0 Å². The summed E-state index contributed by atoms with van der Waals surface area (Å²) < 4.78 is 0. The van der Waals surface area contributed by atoms with E-state index in [2.05, 4.69) is 11.8 Å². The number of aromatic carboxylic acids is 1. The molecule has 4 heteroatoms. The molecular formula is C12H18N2O2. The third-order valence-corrected chi connectivity index (χ3v) is 2.44. The highest BCUT2D eigenvalue weighted by molar-refractivity contribution is 5.95. The third-order valence-electron chi connectivity index (χ3n) is 2.44. The summed E-state index contributed by atoms with van der Waals surface area (Å²) in [6, 6.07) is 5.22. The number of carbonyl (C=O) groups is 1. The van der Waals surface area contributed by atoms with Crippen molar-refractivity contribution in [3.8, 4) is 0 Å². The molecule has 0 saturated carbocycles. The van der Waals surface area contributed by atoms with Crippen molar-refractivity contribution in [3.63, 3.8) is 0 Å². The third kappa shape index (κ3) is 2.97. The van der Waals surface area contributed by atoms with E-state index in [1.807, 2.05) is 13.1 Å². The number of nitrogen functional groups attached to an aromatic ring is 1. The Kier molecular flexibility index (Phi) is 4.31. The van der Waals surface area contributed by atoms with Gasteiger partial charge < -0.3 is 15.7 Å². The van der Waals surface area contributed by atoms with Gasteiger partial charge in [0, 0.05) is 12.2 Å². The number of carboxylic acids is 1. The summed E-state index contributed by atoms with van der Waals surface area (Å²) in [5.74, 6) is -0.960. The second-order valence-electron chi connectivity index (χ2n) is 3.92. The Labute approximate surface area is 95.7 Å². The van der Waals surface area contributed by atoms with E-state index < -0.39 is 5.97 Å². The predicted octanol–water partition coefficient (Wildman–Crippen LogP) is 1.81. The summed E-state index contributed by atoms with van der Waals surface area (Å²) in [6.07, 6.45) is 1.04. The second kappa shape index (κ2) is 5.51. The maximum Gasteiger partial charge on any atom is 0.338 e. The summed E-state index contributed by atoms with van der Waals surface area (Å²) in [5.41, 5.74) is 7.00. The summed E-state index contributed by atoms with van der Waals surface area (Å²) in [4.78, 5) is 13.2. The first-order valence-electron chi connectivity index (χ1n) is 5.35. The van der Waals surface area contributed by atoms with Crippen molar-refractivity contribution in [2.75, 3.05) is 19.3 Å². The van der Waals surface area contributed by atoms with Gasteiger partial charge in [-0.3, -0.25) is 0 Å². The average Bonchev–Trinajstić information content (AvgIpc) is 2.17. The Morgan fingerprint density at radius 1 is 1.50 bits per heavy atom. The fourth-order valence-corrected chi connectivity index (χ4v) is 1.76. The van der Waals surface area contributed by atoms with Crippen molar-refractivity contribution in [3.05, 3.63) is 29.3 Å². The first kappa shape index (κ1) is 12.5. The maximum absolute atomic E-state index is 11.1. The lowest BCUT2D eigenvalue weighted by atomic mass is 10.1. The van der Waals surface area contributed by atoms with Crippen LogP contribution in [0, 0.1) is 0 Å². The smallest absolute Gasteiger partial charge is 0.338 e. The fraction of sp³-hybridized carbons (Fsp3) is 0.417. The molecule has 1 aromatic carbocycles. The van der Waals surface area contributed by atoms with Crippen molar-refractivity contribution in [2.45, 2.75) is 19.9 Å². The Bertz CT molecular complexity index is 377. The number of hydrogen-bond acceptors (Lipinski definition) is 3. The van der Waals surface area contributed by atoms with Gasteiger partial charge in [0.05, 0.1) is 5.56 Å². The van der Waals surface area contributed by atoms with E-state index >= 15 is 0 Å². The van der Waals surface area contributed by atoms with Crippen LogP contribution in [0.4, 0.5) is 5.69 Å². The van der Waals surface area contributed by atoms with Gasteiger partial charge in [-0.1, -0.05) is 19.1 Å². The molecule has 3 N–H and O–H groups in total. The van der Waals surface area contributed by atoms with Crippen LogP contribution in [0.1, 0.15) is 29.3 Å².